The van der Waals surface area contributed by atoms with Crippen molar-refractivity contribution < 1.29 is 14.5 Å². The molecule has 0 saturated heterocycles. The zero-order valence-corrected chi connectivity index (χ0v) is 18.1. The van der Waals surface area contributed by atoms with E-state index in [-0.39, 0.29) is 16.9 Å². The first-order chi connectivity index (χ1) is 14.8. The van der Waals surface area contributed by atoms with Crippen molar-refractivity contribution in [2.24, 2.45) is 0 Å². The zero-order valence-electron chi connectivity index (χ0n) is 17.3. The van der Waals surface area contributed by atoms with Gasteiger partial charge in [0.25, 0.3) is 11.2 Å². The number of non-ortho nitro benzene ring substituents is 1. The molecular weight excluding hydrogens is 420 g/mol. The molecule has 1 aromatic heterocycles. The van der Waals surface area contributed by atoms with Gasteiger partial charge in [0.1, 0.15) is 5.75 Å². The van der Waals surface area contributed by atoms with E-state index < -0.39 is 16.1 Å². The Morgan fingerprint density at radius 3 is 2.74 bits per heavy atom. The molecule has 0 aliphatic carbocycles. The lowest BCUT2D eigenvalue weighted by molar-refractivity contribution is -0.384. The van der Waals surface area contributed by atoms with Crippen LogP contribution in [0.25, 0.3) is 10.9 Å². The number of fused-ring (bicyclic) bond motifs is 1. The lowest BCUT2D eigenvalue weighted by Gasteiger charge is -2.16. The smallest absolute Gasteiger partial charge is 0.271 e. The molecule has 0 aliphatic rings. The summed E-state index contributed by atoms with van der Waals surface area (Å²) in [6, 6.07) is 11.1. The van der Waals surface area contributed by atoms with Crippen LogP contribution in [0, 0.1) is 10.1 Å². The van der Waals surface area contributed by atoms with E-state index in [1.807, 2.05) is 6.92 Å². The maximum Gasteiger partial charge on any atom is 0.271 e. The number of rotatable bonds is 8. The number of para-hydroxylation sites is 1. The summed E-state index contributed by atoms with van der Waals surface area (Å²) in [5.41, 5.74) is 0.453. The van der Waals surface area contributed by atoms with E-state index in [2.05, 4.69) is 10.3 Å². The molecule has 0 aliphatic heterocycles. The predicted octanol–water partition coefficient (Wildman–Crippen LogP) is 3.84. The Kier molecular flexibility index (Phi) is 6.91. The van der Waals surface area contributed by atoms with E-state index in [4.69, 9.17) is 4.74 Å². The second-order valence-electron chi connectivity index (χ2n) is 6.76. The van der Waals surface area contributed by atoms with Crippen molar-refractivity contribution in [3.05, 3.63) is 62.9 Å². The van der Waals surface area contributed by atoms with Gasteiger partial charge < -0.3 is 10.1 Å². The molecule has 1 heterocycles. The molecule has 31 heavy (non-hydrogen) atoms. The molecule has 10 heteroatoms. The van der Waals surface area contributed by atoms with Gasteiger partial charge in [0, 0.05) is 18.7 Å². The van der Waals surface area contributed by atoms with Gasteiger partial charge in [0.05, 0.1) is 33.9 Å². The van der Waals surface area contributed by atoms with Gasteiger partial charge in [-0.1, -0.05) is 30.8 Å². The topological polar surface area (TPSA) is 116 Å². The highest BCUT2D eigenvalue weighted by atomic mass is 32.2. The summed E-state index contributed by atoms with van der Waals surface area (Å²) < 4.78 is 6.77. The highest BCUT2D eigenvalue weighted by Gasteiger charge is 2.21. The van der Waals surface area contributed by atoms with Gasteiger partial charge in [-0.3, -0.25) is 24.3 Å². The monoisotopic (exact) mass is 442 g/mol. The van der Waals surface area contributed by atoms with Crippen LogP contribution in [0.15, 0.2) is 52.4 Å². The number of ether oxygens (including phenoxy) is 1. The summed E-state index contributed by atoms with van der Waals surface area (Å²) in [7, 11) is 1.41. The summed E-state index contributed by atoms with van der Waals surface area (Å²) in [5, 5.41) is 14.1. The van der Waals surface area contributed by atoms with E-state index in [9.17, 15) is 19.7 Å². The van der Waals surface area contributed by atoms with Crippen molar-refractivity contribution in [3.8, 4) is 5.75 Å². The number of hydrogen-bond donors (Lipinski definition) is 1. The first kappa shape index (κ1) is 22.3. The Morgan fingerprint density at radius 1 is 1.32 bits per heavy atom. The number of anilines is 1. The third kappa shape index (κ3) is 4.85. The van der Waals surface area contributed by atoms with Gasteiger partial charge in [0.15, 0.2) is 5.16 Å². The predicted molar refractivity (Wildman–Crippen MR) is 120 cm³/mol. The van der Waals surface area contributed by atoms with Crippen LogP contribution in [-0.4, -0.2) is 32.7 Å². The van der Waals surface area contributed by atoms with Crippen LogP contribution >= 0.6 is 11.8 Å². The Balaban J connectivity index is 1.89. The molecule has 1 amide bonds. The Labute approximate surface area is 182 Å². The summed E-state index contributed by atoms with van der Waals surface area (Å²) in [4.78, 5) is 40.8. The highest BCUT2D eigenvalue weighted by Crippen LogP contribution is 2.30. The average Bonchev–Trinajstić information content (AvgIpc) is 2.76. The lowest BCUT2D eigenvalue weighted by Crippen LogP contribution is -2.27. The number of nitro benzene ring substituents is 1. The largest absolute Gasteiger partial charge is 0.495 e. The van der Waals surface area contributed by atoms with Crippen molar-refractivity contribution in [3.63, 3.8) is 0 Å². The van der Waals surface area contributed by atoms with Gasteiger partial charge >= 0.3 is 0 Å². The van der Waals surface area contributed by atoms with Crippen molar-refractivity contribution in [1.82, 2.24) is 9.55 Å². The summed E-state index contributed by atoms with van der Waals surface area (Å²) in [5.74, 6) is -0.0860. The molecule has 0 radical (unpaired) electrons. The van der Waals surface area contributed by atoms with E-state index in [0.717, 1.165) is 18.2 Å². The number of amides is 1. The SMILES string of the molecule is CCCn1c(S[C@H](C)C(=O)Nc2cc([N+](=O)[O-])ccc2OC)nc2ccccc2c1=O. The molecule has 2 aromatic carbocycles. The maximum atomic E-state index is 12.9. The minimum Gasteiger partial charge on any atom is -0.495 e. The van der Waals surface area contributed by atoms with Gasteiger partial charge in [-0.15, -0.1) is 0 Å². The molecule has 0 spiro atoms. The summed E-state index contributed by atoms with van der Waals surface area (Å²) in [6.45, 7) is 4.12. The molecule has 162 valence electrons. The third-order valence-electron chi connectivity index (χ3n) is 4.58. The molecule has 1 atom stereocenters. The van der Waals surface area contributed by atoms with Crippen LogP contribution in [0.4, 0.5) is 11.4 Å². The third-order valence-corrected chi connectivity index (χ3v) is 5.67. The number of hydrogen-bond acceptors (Lipinski definition) is 7. The fourth-order valence-corrected chi connectivity index (χ4v) is 3.95. The molecule has 0 bridgehead atoms. The second kappa shape index (κ2) is 9.61. The second-order valence-corrected chi connectivity index (χ2v) is 8.07. The van der Waals surface area contributed by atoms with Crippen molar-refractivity contribution in [2.75, 3.05) is 12.4 Å². The first-order valence-corrected chi connectivity index (χ1v) is 10.5. The van der Waals surface area contributed by atoms with Crippen LogP contribution in [-0.2, 0) is 11.3 Å². The van der Waals surface area contributed by atoms with Crippen LogP contribution in [0.2, 0.25) is 0 Å². The standard InChI is InChI=1S/C21H22N4O5S/c1-4-11-24-20(27)15-7-5-6-8-16(15)23-21(24)31-13(2)19(26)22-17-12-14(25(28)29)9-10-18(17)30-3/h5-10,12-13H,4,11H2,1-3H3,(H,22,26)/t13-/m1/s1. The maximum absolute atomic E-state index is 12.9. The normalized spacial score (nSPS) is 11.8. The quantitative estimate of drug-likeness (QED) is 0.244. The van der Waals surface area contributed by atoms with Crippen LogP contribution in [0.3, 0.4) is 0 Å². The number of carbonyl (C=O) groups is 1. The number of nitrogens with one attached hydrogen (secondary N) is 1. The minimum absolute atomic E-state index is 0.150. The average molecular weight is 442 g/mol. The van der Waals surface area contributed by atoms with Crippen molar-refractivity contribution >= 4 is 39.9 Å². The number of thioether (sulfide) groups is 1. The van der Waals surface area contributed by atoms with E-state index >= 15 is 0 Å². The lowest BCUT2D eigenvalue weighted by atomic mass is 10.2. The molecule has 0 unspecified atom stereocenters. The first-order valence-electron chi connectivity index (χ1n) is 9.65. The van der Waals surface area contributed by atoms with Crippen molar-refractivity contribution in [1.29, 1.82) is 0 Å². The fourth-order valence-electron chi connectivity index (χ4n) is 3.01. The van der Waals surface area contributed by atoms with Gasteiger partial charge in [-0.2, -0.15) is 0 Å². The van der Waals surface area contributed by atoms with Gasteiger partial charge in [-0.05, 0) is 31.5 Å². The van der Waals surface area contributed by atoms with Gasteiger partial charge in [-0.25, -0.2) is 4.98 Å². The number of nitrogens with zero attached hydrogens (tertiary/aromatic N) is 3. The molecule has 9 nitrogen and oxygen atoms in total. The number of nitro groups is 1. The van der Waals surface area contributed by atoms with Crippen molar-refractivity contribution in [2.45, 2.75) is 37.2 Å². The number of benzene rings is 2. The highest BCUT2D eigenvalue weighted by molar-refractivity contribution is 8.00. The zero-order chi connectivity index (χ0) is 22.5. The number of carbonyl (C=O) groups excluding carboxylic acids is 1. The number of aromatic nitrogens is 2. The number of methoxy groups -OCH3 is 1. The summed E-state index contributed by atoms with van der Waals surface area (Å²) in [6.07, 6.45) is 0.735. The van der Waals surface area contributed by atoms with Crippen LogP contribution in [0.1, 0.15) is 20.3 Å². The Morgan fingerprint density at radius 2 is 2.06 bits per heavy atom. The summed E-state index contributed by atoms with van der Waals surface area (Å²) >= 11 is 1.16. The van der Waals surface area contributed by atoms with E-state index in [0.29, 0.717) is 28.4 Å². The Hall–Kier alpha value is -3.40. The van der Waals surface area contributed by atoms with Crippen LogP contribution < -0.4 is 15.6 Å². The fraction of sp³-hybridized carbons (Fsp3) is 0.286. The molecule has 0 saturated carbocycles. The minimum atomic E-state index is -0.625. The molecule has 3 aromatic rings. The van der Waals surface area contributed by atoms with Crippen LogP contribution in [0.5, 0.6) is 5.75 Å². The van der Waals surface area contributed by atoms with Gasteiger partial charge in [0.2, 0.25) is 5.91 Å². The van der Waals surface area contributed by atoms with E-state index in [1.54, 1.807) is 35.8 Å². The molecular formula is C21H22N4O5S. The Bertz CT molecular complexity index is 1190. The van der Waals surface area contributed by atoms with E-state index in [1.165, 1.54) is 25.3 Å². The molecule has 1 N–H and O–H groups in total. The molecule has 0 fully saturated rings. The molecule has 3 rings (SSSR count).